The lowest BCUT2D eigenvalue weighted by atomic mass is 10.2. The second-order valence-corrected chi connectivity index (χ2v) is 6.09. The van der Waals surface area contributed by atoms with Gasteiger partial charge in [-0.1, -0.05) is 19.4 Å². The van der Waals surface area contributed by atoms with Crippen LogP contribution in [0.2, 0.25) is 0 Å². The first-order chi connectivity index (χ1) is 13.5. The molecule has 7 nitrogen and oxygen atoms in total. The van der Waals surface area contributed by atoms with Crippen LogP contribution in [-0.2, 0) is 11.3 Å². The van der Waals surface area contributed by atoms with E-state index >= 15 is 0 Å². The second kappa shape index (κ2) is 10.7. The Labute approximate surface area is 164 Å². The van der Waals surface area contributed by atoms with Crippen molar-refractivity contribution in [1.82, 2.24) is 5.32 Å². The number of methoxy groups -OCH3 is 1. The van der Waals surface area contributed by atoms with E-state index in [0.717, 1.165) is 18.4 Å². The number of hydrogen-bond acceptors (Lipinski definition) is 5. The third-order valence-electron chi connectivity index (χ3n) is 3.98. The molecule has 0 spiro atoms. The smallest absolute Gasteiger partial charge is 0.269 e. The van der Waals surface area contributed by atoms with E-state index in [1.165, 1.54) is 18.2 Å². The Kier molecular flexibility index (Phi) is 8.02. The minimum atomic E-state index is -0.464. The Morgan fingerprint density at radius 3 is 2.57 bits per heavy atom. The van der Waals surface area contributed by atoms with Crippen LogP contribution >= 0.6 is 0 Å². The van der Waals surface area contributed by atoms with Gasteiger partial charge >= 0.3 is 0 Å². The molecule has 148 valence electrons. The van der Waals surface area contributed by atoms with E-state index < -0.39 is 4.92 Å². The zero-order valence-electron chi connectivity index (χ0n) is 16.0. The number of carbonyl (C=O) groups excluding carboxylic acids is 1. The average molecular weight is 384 g/mol. The maximum Gasteiger partial charge on any atom is 0.269 e. The summed E-state index contributed by atoms with van der Waals surface area (Å²) >= 11 is 0. The molecule has 0 saturated carbocycles. The van der Waals surface area contributed by atoms with Gasteiger partial charge in [0.15, 0.2) is 11.5 Å². The zero-order chi connectivity index (χ0) is 20.4. The van der Waals surface area contributed by atoms with Crippen LogP contribution in [0.3, 0.4) is 0 Å². The van der Waals surface area contributed by atoms with Crippen LogP contribution in [-0.4, -0.2) is 24.5 Å². The molecule has 1 amide bonds. The molecule has 0 aliphatic carbocycles. The van der Waals surface area contributed by atoms with Crippen LogP contribution in [0.15, 0.2) is 48.5 Å². The minimum absolute atomic E-state index is 0.0117. The molecular weight excluding hydrogens is 360 g/mol. The summed E-state index contributed by atoms with van der Waals surface area (Å²) < 4.78 is 11.0. The van der Waals surface area contributed by atoms with Crippen molar-refractivity contribution in [3.63, 3.8) is 0 Å². The third kappa shape index (κ3) is 6.42. The molecule has 7 heteroatoms. The molecule has 2 rings (SSSR count). The number of ether oxygens (including phenoxy) is 2. The van der Waals surface area contributed by atoms with Gasteiger partial charge in [-0.05, 0) is 47.9 Å². The Morgan fingerprint density at radius 2 is 1.93 bits per heavy atom. The number of unbranched alkanes of at least 4 members (excludes halogenated alkanes) is 1. The summed E-state index contributed by atoms with van der Waals surface area (Å²) in [7, 11) is 1.58. The van der Waals surface area contributed by atoms with Crippen molar-refractivity contribution < 1.29 is 19.2 Å². The fourth-order valence-electron chi connectivity index (χ4n) is 2.39. The van der Waals surface area contributed by atoms with Gasteiger partial charge in [0.1, 0.15) is 0 Å². The van der Waals surface area contributed by atoms with Gasteiger partial charge in [0, 0.05) is 24.8 Å². The second-order valence-electron chi connectivity index (χ2n) is 6.09. The topological polar surface area (TPSA) is 90.7 Å². The molecule has 0 bridgehead atoms. The minimum Gasteiger partial charge on any atom is -0.493 e. The first-order valence-electron chi connectivity index (χ1n) is 9.03. The van der Waals surface area contributed by atoms with Gasteiger partial charge < -0.3 is 14.8 Å². The van der Waals surface area contributed by atoms with Crippen LogP contribution < -0.4 is 14.8 Å². The number of carbonyl (C=O) groups is 1. The van der Waals surface area contributed by atoms with Crippen molar-refractivity contribution in [3.05, 3.63) is 69.8 Å². The lowest BCUT2D eigenvalue weighted by molar-refractivity contribution is -0.384. The number of nitro groups is 1. The lowest BCUT2D eigenvalue weighted by Crippen LogP contribution is -2.20. The third-order valence-corrected chi connectivity index (χ3v) is 3.98. The van der Waals surface area contributed by atoms with Crippen molar-refractivity contribution in [1.29, 1.82) is 0 Å². The highest BCUT2D eigenvalue weighted by Crippen LogP contribution is 2.28. The fraction of sp³-hybridized carbons (Fsp3) is 0.286. The first-order valence-corrected chi connectivity index (χ1v) is 9.03. The highest BCUT2D eigenvalue weighted by molar-refractivity contribution is 5.91. The fourth-order valence-corrected chi connectivity index (χ4v) is 2.39. The van der Waals surface area contributed by atoms with Gasteiger partial charge in [-0.3, -0.25) is 14.9 Å². The Balaban J connectivity index is 1.90. The Bertz CT molecular complexity index is 831. The molecule has 0 aliphatic rings. The quantitative estimate of drug-likeness (QED) is 0.288. The number of amides is 1. The highest BCUT2D eigenvalue weighted by Gasteiger charge is 2.07. The van der Waals surface area contributed by atoms with Gasteiger partial charge in [-0.2, -0.15) is 0 Å². The van der Waals surface area contributed by atoms with E-state index in [1.54, 1.807) is 25.3 Å². The van der Waals surface area contributed by atoms with Crippen molar-refractivity contribution in [2.75, 3.05) is 13.7 Å². The Hall–Kier alpha value is -3.35. The summed E-state index contributed by atoms with van der Waals surface area (Å²) in [6.07, 6.45) is 5.02. The number of benzene rings is 2. The number of hydrogen-bond donors (Lipinski definition) is 1. The molecule has 0 aliphatic heterocycles. The average Bonchev–Trinajstić information content (AvgIpc) is 2.71. The van der Waals surface area contributed by atoms with Crippen LogP contribution in [0, 0.1) is 10.1 Å². The molecule has 0 radical (unpaired) electrons. The zero-order valence-corrected chi connectivity index (χ0v) is 16.0. The van der Waals surface area contributed by atoms with Gasteiger partial charge in [-0.15, -0.1) is 0 Å². The van der Waals surface area contributed by atoms with Crippen LogP contribution in [0.1, 0.15) is 30.9 Å². The molecule has 0 saturated heterocycles. The van der Waals surface area contributed by atoms with E-state index in [9.17, 15) is 14.9 Å². The van der Waals surface area contributed by atoms with Gasteiger partial charge in [0.05, 0.1) is 18.6 Å². The molecule has 0 aromatic heterocycles. The summed E-state index contributed by atoms with van der Waals surface area (Å²) in [5.41, 5.74) is 1.60. The van der Waals surface area contributed by atoms with Gasteiger partial charge in [0.2, 0.25) is 5.91 Å². The van der Waals surface area contributed by atoms with Crippen molar-refractivity contribution in [2.45, 2.75) is 26.3 Å². The summed E-state index contributed by atoms with van der Waals surface area (Å²) in [5, 5.41) is 13.4. The van der Waals surface area contributed by atoms with Crippen molar-refractivity contribution in [3.8, 4) is 11.5 Å². The molecule has 2 aromatic carbocycles. The maximum absolute atomic E-state index is 12.0. The Morgan fingerprint density at radius 1 is 1.18 bits per heavy atom. The first kappa shape index (κ1) is 21.0. The standard InChI is InChI=1S/C21H24N2O5/c1-3-4-13-28-19-11-7-17(14-20(19)27-2)15-22-21(24)12-8-16-5-9-18(10-6-16)23(25)26/h5-12,14H,3-4,13,15H2,1-2H3,(H,22,24)/b12-8+. The number of non-ortho nitro benzene ring substituents is 1. The molecule has 0 fully saturated rings. The maximum atomic E-state index is 12.0. The summed E-state index contributed by atoms with van der Waals surface area (Å²) in [6.45, 7) is 3.08. The molecule has 2 aromatic rings. The predicted molar refractivity (Wildman–Crippen MR) is 107 cm³/mol. The van der Waals surface area contributed by atoms with Gasteiger partial charge in [0.25, 0.3) is 5.69 Å². The van der Waals surface area contributed by atoms with Gasteiger partial charge in [-0.25, -0.2) is 0 Å². The highest BCUT2D eigenvalue weighted by atomic mass is 16.6. The molecule has 28 heavy (non-hydrogen) atoms. The number of nitrogens with one attached hydrogen (secondary N) is 1. The van der Waals surface area contributed by atoms with E-state index in [4.69, 9.17) is 9.47 Å². The van der Waals surface area contributed by atoms with E-state index in [1.807, 2.05) is 18.2 Å². The van der Waals surface area contributed by atoms with E-state index in [2.05, 4.69) is 12.2 Å². The molecule has 0 unspecified atom stereocenters. The summed E-state index contributed by atoms with van der Waals surface area (Å²) in [4.78, 5) is 22.2. The number of rotatable bonds is 10. The van der Waals surface area contributed by atoms with Crippen LogP contribution in [0.4, 0.5) is 5.69 Å². The van der Waals surface area contributed by atoms with Crippen LogP contribution in [0.5, 0.6) is 11.5 Å². The number of nitro benzene ring substituents is 1. The monoisotopic (exact) mass is 384 g/mol. The largest absolute Gasteiger partial charge is 0.493 e. The summed E-state index contributed by atoms with van der Waals surface area (Å²) in [5.74, 6) is 1.05. The molecular formula is C21H24N2O5. The lowest BCUT2D eigenvalue weighted by Gasteiger charge is -2.12. The van der Waals surface area contributed by atoms with E-state index in [0.29, 0.717) is 30.2 Å². The summed E-state index contributed by atoms with van der Waals surface area (Å²) in [6, 6.07) is 11.5. The SMILES string of the molecule is CCCCOc1ccc(CNC(=O)/C=C/c2ccc([N+](=O)[O-])cc2)cc1OC. The number of nitrogens with zero attached hydrogens (tertiary/aromatic N) is 1. The molecule has 1 N–H and O–H groups in total. The molecule has 0 heterocycles. The predicted octanol–water partition coefficient (Wildman–Crippen LogP) is 4.11. The van der Waals surface area contributed by atoms with Crippen molar-refractivity contribution >= 4 is 17.7 Å². The molecule has 0 atom stereocenters. The van der Waals surface area contributed by atoms with Crippen molar-refractivity contribution in [2.24, 2.45) is 0 Å². The van der Waals surface area contributed by atoms with Crippen LogP contribution in [0.25, 0.3) is 6.08 Å². The normalized spacial score (nSPS) is 10.6. The van der Waals surface area contributed by atoms with E-state index in [-0.39, 0.29) is 11.6 Å².